The number of ether oxygens (including phenoxy) is 1. The molecule has 5 nitrogen and oxygen atoms in total. The van der Waals surface area contributed by atoms with E-state index in [1.807, 2.05) is 30.3 Å². The molecule has 1 N–H and O–H groups in total. The fraction of sp³-hybridized carbons (Fsp3) is 0.650. The van der Waals surface area contributed by atoms with Crippen LogP contribution >= 0.6 is 0 Å². The molecule has 2 heterocycles. The van der Waals surface area contributed by atoms with E-state index in [0.717, 1.165) is 64.2 Å². The first-order chi connectivity index (χ1) is 12.2. The summed E-state index contributed by atoms with van der Waals surface area (Å²) in [5, 5.41) is 3.45. The third-order valence-corrected chi connectivity index (χ3v) is 5.65. The molecule has 1 amide bonds. The molecule has 0 atom stereocenters. The van der Waals surface area contributed by atoms with Crippen molar-refractivity contribution in [2.75, 3.05) is 46.4 Å². The lowest BCUT2D eigenvalue weighted by molar-refractivity contribution is -0.132. The number of rotatable bonds is 5. The number of para-hydroxylation sites is 1. The number of carbonyl (C=O) groups is 1. The zero-order valence-corrected chi connectivity index (χ0v) is 15.4. The van der Waals surface area contributed by atoms with Gasteiger partial charge in [-0.2, -0.15) is 0 Å². The zero-order chi connectivity index (χ0) is 17.5. The van der Waals surface area contributed by atoms with Crippen LogP contribution in [0.4, 0.5) is 0 Å². The normalized spacial score (nSPS) is 21.1. The van der Waals surface area contributed by atoms with E-state index in [1.165, 1.54) is 0 Å². The highest BCUT2D eigenvalue weighted by Gasteiger charge is 2.40. The molecule has 1 aromatic carbocycles. The first-order valence-corrected chi connectivity index (χ1v) is 9.57. The fourth-order valence-electron chi connectivity index (χ4n) is 4.02. The van der Waals surface area contributed by atoms with Gasteiger partial charge in [0.05, 0.1) is 6.61 Å². The molecule has 0 bridgehead atoms. The summed E-state index contributed by atoms with van der Waals surface area (Å²) < 4.78 is 5.71. The van der Waals surface area contributed by atoms with E-state index < -0.39 is 0 Å². The molecule has 0 unspecified atom stereocenters. The SMILES string of the molecule is CN1CCCN(C(=O)CCCOc2ccccc2)CC12CCNCC2. The Bertz CT molecular complexity index is 543. The summed E-state index contributed by atoms with van der Waals surface area (Å²) in [5.74, 6) is 1.16. The molecule has 2 aliphatic rings. The number of likely N-dealkylation sites (N-methyl/N-ethyl adjacent to an activating group) is 1. The van der Waals surface area contributed by atoms with Gasteiger partial charge in [-0.1, -0.05) is 18.2 Å². The molecule has 25 heavy (non-hydrogen) atoms. The Morgan fingerprint density at radius 2 is 1.96 bits per heavy atom. The van der Waals surface area contributed by atoms with Crippen LogP contribution in [0.25, 0.3) is 0 Å². The maximum absolute atomic E-state index is 12.7. The summed E-state index contributed by atoms with van der Waals surface area (Å²) >= 11 is 0. The summed E-state index contributed by atoms with van der Waals surface area (Å²) in [5.41, 5.74) is 0.165. The van der Waals surface area contributed by atoms with Gasteiger partial charge in [0.25, 0.3) is 0 Å². The van der Waals surface area contributed by atoms with Gasteiger partial charge in [0.1, 0.15) is 5.75 Å². The quantitative estimate of drug-likeness (QED) is 0.831. The van der Waals surface area contributed by atoms with Crippen LogP contribution in [0.1, 0.15) is 32.1 Å². The van der Waals surface area contributed by atoms with Crippen molar-refractivity contribution in [1.29, 1.82) is 0 Å². The third-order valence-electron chi connectivity index (χ3n) is 5.65. The maximum Gasteiger partial charge on any atom is 0.222 e. The summed E-state index contributed by atoms with van der Waals surface area (Å²) in [6.07, 6.45) is 4.67. The van der Waals surface area contributed by atoms with Crippen molar-refractivity contribution >= 4 is 5.91 Å². The van der Waals surface area contributed by atoms with Gasteiger partial charge in [-0.25, -0.2) is 0 Å². The fourth-order valence-corrected chi connectivity index (χ4v) is 4.02. The van der Waals surface area contributed by atoms with Crippen LogP contribution in [0.5, 0.6) is 5.75 Å². The van der Waals surface area contributed by atoms with E-state index >= 15 is 0 Å². The number of nitrogens with one attached hydrogen (secondary N) is 1. The van der Waals surface area contributed by atoms with Crippen molar-refractivity contribution in [1.82, 2.24) is 15.1 Å². The van der Waals surface area contributed by atoms with Gasteiger partial charge in [0, 0.05) is 31.6 Å². The number of benzene rings is 1. The molecule has 1 aromatic rings. The monoisotopic (exact) mass is 345 g/mol. The highest BCUT2D eigenvalue weighted by Crippen LogP contribution is 2.29. The minimum Gasteiger partial charge on any atom is -0.494 e. The molecule has 1 spiro atoms. The second-order valence-corrected chi connectivity index (χ2v) is 7.33. The first kappa shape index (κ1) is 18.2. The number of carbonyl (C=O) groups excluding carboxylic acids is 1. The van der Waals surface area contributed by atoms with Gasteiger partial charge in [-0.3, -0.25) is 9.69 Å². The van der Waals surface area contributed by atoms with Crippen molar-refractivity contribution < 1.29 is 9.53 Å². The van der Waals surface area contributed by atoms with E-state index in [4.69, 9.17) is 4.74 Å². The van der Waals surface area contributed by atoms with Crippen molar-refractivity contribution in [2.45, 2.75) is 37.6 Å². The van der Waals surface area contributed by atoms with Gasteiger partial charge < -0.3 is 15.0 Å². The molecule has 138 valence electrons. The number of hydrogen-bond donors (Lipinski definition) is 1. The van der Waals surface area contributed by atoms with Crippen LogP contribution in [-0.2, 0) is 4.79 Å². The highest BCUT2D eigenvalue weighted by molar-refractivity contribution is 5.76. The lowest BCUT2D eigenvalue weighted by Gasteiger charge is -2.45. The predicted octanol–water partition coefficient (Wildman–Crippen LogP) is 2.13. The average molecular weight is 345 g/mol. The molecule has 5 heteroatoms. The first-order valence-electron chi connectivity index (χ1n) is 9.57. The minimum atomic E-state index is 0.165. The van der Waals surface area contributed by atoms with Crippen LogP contribution in [0.2, 0.25) is 0 Å². The third kappa shape index (κ3) is 4.73. The zero-order valence-electron chi connectivity index (χ0n) is 15.4. The van der Waals surface area contributed by atoms with E-state index in [0.29, 0.717) is 13.0 Å². The molecule has 2 fully saturated rings. The van der Waals surface area contributed by atoms with E-state index in [-0.39, 0.29) is 11.4 Å². The average Bonchev–Trinajstić information content (AvgIpc) is 2.80. The van der Waals surface area contributed by atoms with Gasteiger partial charge in [-0.15, -0.1) is 0 Å². The summed E-state index contributed by atoms with van der Waals surface area (Å²) in [7, 11) is 2.23. The van der Waals surface area contributed by atoms with Gasteiger partial charge in [0.15, 0.2) is 0 Å². The molecule has 3 rings (SSSR count). The Balaban J connectivity index is 1.49. The number of amides is 1. The topological polar surface area (TPSA) is 44.8 Å². The smallest absolute Gasteiger partial charge is 0.222 e. The van der Waals surface area contributed by atoms with Gasteiger partial charge >= 0.3 is 0 Å². The van der Waals surface area contributed by atoms with E-state index in [2.05, 4.69) is 22.2 Å². The van der Waals surface area contributed by atoms with E-state index in [9.17, 15) is 4.79 Å². The van der Waals surface area contributed by atoms with Crippen molar-refractivity contribution in [3.8, 4) is 5.75 Å². The van der Waals surface area contributed by atoms with Gasteiger partial charge in [-0.05, 0) is 58.0 Å². The Morgan fingerprint density at radius 3 is 2.72 bits per heavy atom. The highest BCUT2D eigenvalue weighted by atomic mass is 16.5. The standard InChI is InChI=1S/C20H31N3O2/c1-22-14-6-15-23(17-20(22)10-12-21-13-11-20)19(24)9-5-16-25-18-7-3-2-4-8-18/h2-4,7-8,21H,5-6,9-17H2,1H3. The second-order valence-electron chi connectivity index (χ2n) is 7.33. The van der Waals surface area contributed by atoms with Crippen LogP contribution in [-0.4, -0.2) is 67.6 Å². The minimum absolute atomic E-state index is 0.165. The molecular formula is C20H31N3O2. The molecule has 2 saturated heterocycles. The number of hydrogen-bond acceptors (Lipinski definition) is 4. The molecule has 0 aliphatic carbocycles. The summed E-state index contributed by atoms with van der Waals surface area (Å²) in [6, 6.07) is 9.81. The summed E-state index contributed by atoms with van der Waals surface area (Å²) in [4.78, 5) is 17.3. The van der Waals surface area contributed by atoms with Crippen LogP contribution < -0.4 is 10.1 Å². The Kier molecular flexibility index (Phi) is 6.32. The lowest BCUT2D eigenvalue weighted by atomic mass is 9.86. The predicted molar refractivity (Wildman–Crippen MR) is 99.8 cm³/mol. The Morgan fingerprint density at radius 1 is 1.20 bits per heavy atom. The van der Waals surface area contributed by atoms with Crippen LogP contribution in [0.3, 0.4) is 0 Å². The van der Waals surface area contributed by atoms with Crippen LogP contribution in [0, 0.1) is 0 Å². The molecule has 0 radical (unpaired) electrons. The van der Waals surface area contributed by atoms with Gasteiger partial charge in [0.2, 0.25) is 5.91 Å². The Hall–Kier alpha value is -1.59. The molecule has 0 aromatic heterocycles. The molecule has 2 aliphatic heterocycles. The maximum atomic E-state index is 12.7. The van der Waals surface area contributed by atoms with Crippen LogP contribution in [0.15, 0.2) is 30.3 Å². The number of piperidine rings is 1. The molecule has 0 saturated carbocycles. The largest absolute Gasteiger partial charge is 0.494 e. The van der Waals surface area contributed by atoms with E-state index in [1.54, 1.807) is 0 Å². The molecular weight excluding hydrogens is 314 g/mol. The van der Waals surface area contributed by atoms with Crippen molar-refractivity contribution in [2.24, 2.45) is 0 Å². The lowest BCUT2D eigenvalue weighted by Crippen LogP contribution is -2.58. The number of nitrogens with zero attached hydrogens (tertiary/aromatic N) is 2. The Labute approximate surface area is 151 Å². The van der Waals surface area contributed by atoms with Crippen molar-refractivity contribution in [3.05, 3.63) is 30.3 Å². The van der Waals surface area contributed by atoms with Crippen molar-refractivity contribution in [3.63, 3.8) is 0 Å². The summed E-state index contributed by atoms with van der Waals surface area (Å²) in [6.45, 7) is 5.55. The second kappa shape index (κ2) is 8.68.